The Bertz CT molecular complexity index is 1140. The third-order valence-corrected chi connectivity index (χ3v) is 6.80. The van der Waals surface area contributed by atoms with Crippen LogP contribution >= 0.6 is 0 Å². The Morgan fingerprint density at radius 3 is 2.93 bits per heavy atom. The van der Waals surface area contributed by atoms with Crippen molar-refractivity contribution in [2.75, 3.05) is 5.32 Å². The smallest absolute Gasteiger partial charge is 0.272 e. The fourth-order valence-electron chi connectivity index (χ4n) is 3.66. The predicted octanol–water partition coefficient (Wildman–Crippen LogP) is 1.99. The molecule has 3 rings (SSSR count). The minimum absolute atomic E-state index is 0.0325. The molecule has 1 aliphatic heterocycles. The van der Waals surface area contributed by atoms with Crippen LogP contribution in [0.3, 0.4) is 0 Å². The molecule has 9 heteroatoms. The minimum Gasteiger partial charge on any atom is -0.391 e. The van der Waals surface area contributed by atoms with Crippen LogP contribution in [0.15, 0.2) is 41.9 Å². The van der Waals surface area contributed by atoms with E-state index in [4.69, 9.17) is 0 Å². The summed E-state index contributed by atoms with van der Waals surface area (Å²) in [7, 11) is -2.29. The number of hydrogen-bond acceptors (Lipinski definition) is 5. The van der Waals surface area contributed by atoms with Gasteiger partial charge in [0.1, 0.15) is 10.6 Å². The topological polar surface area (TPSA) is 124 Å². The Balaban J connectivity index is 1.94. The quantitative estimate of drug-likeness (QED) is 0.628. The normalized spacial score (nSPS) is 18.5. The molecule has 0 radical (unpaired) electrons. The molecule has 0 saturated carbocycles. The van der Waals surface area contributed by atoms with Crippen molar-refractivity contribution in [3.8, 4) is 6.07 Å². The highest BCUT2D eigenvalue weighted by Crippen LogP contribution is 2.29. The Morgan fingerprint density at radius 2 is 2.27 bits per heavy atom. The van der Waals surface area contributed by atoms with E-state index in [1.54, 1.807) is 32.2 Å². The molecular formula is C21H24N4O4S. The summed E-state index contributed by atoms with van der Waals surface area (Å²) in [5.41, 5.74) is 2.33. The van der Waals surface area contributed by atoms with Gasteiger partial charge >= 0.3 is 0 Å². The lowest BCUT2D eigenvalue weighted by molar-refractivity contribution is 0.101. The molecule has 0 aliphatic carbocycles. The van der Waals surface area contributed by atoms with E-state index < -0.39 is 28.1 Å². The fourth-order valence-corrected chi connectivity index (χ4v) is 5.28. The van der Waals surface area contributed by atoms with Crippen LogP contribution in [-0.2, 0) is 23.5 Å². The number of aryl methyl sites for hydroxylation is 2. The van der Waals surface area contributed by atoms with Gasteiger partial charge in [-0.05, 0) is 43.9 Å². The number of nitrogens with zero attached hydrogens (tertiary/aromatic N) is 2. The number of aliphatic hydroxyl groups is 1. The van der Waals surface area contributed by atoms with E-state index >= 15 is 0 Å². The summed E-state index contributed by atoms with van der Waals surface area (Å²) < 4.78 is 29.7. The number of benzene rings is 1. The van der Waals surface area contributed by atoms with E-state index in [1.165, 1.54) is 16.8 Å². The van der Waals surface area contributed by atoms with E-state index in [2.05, 4.69) is 22.7 Å². The SMILES string of the molecule is C=CCC(O)C1CCc2c(cn(C)c2C(=O)Nc2ccc(C)c(C#N)c2)S(=O)(=O)N1. The van der Waals surface area contributed by atoms with Crippen molar-refractivity contribution in [1.29, 1.82) is 5.26 Å². The Morgan fingerprint density at radius 1 is 1.53 bits per heavy atom. The molecule has 2 heterocycles. The second kappa shape index (κ2) is 8.44. The highest BCUT2D eigenvalue weighted by molar-refractivity contribution is 7.89. The van der Waals surface area contributed by atoms with Crippen molar-refractivity contribution in [3.05, 3.63) is 59.4 Å². The highest BCUT2D eigenvalue weighted by atomic mass is 32.2. The molecule has 3 N–H and O–H groups in total. The first-order valence-corrected chi connectivity index (χ1v) is 11.0. The maximum atomic E-state index is 13.0. The van der Waals surface area contributed by atoms with Crippen LogP contribution in [0.5, 0.6) is 0 Å². The minimum atomic E-state index is -3.90. The summed E-state index contributed by atoms with van der Waals surface area (Å²) in [5, 5.41) is 22.2. The molecule has 0 spiro atoms. The van der Waals surface area contributed by atoms with Crippen LogP contribution in [0.1, 0.15) is 40.0 Å². The fraction of sp³-hybridized carbons (Fsp3) is 0.333. The van der Waals surface area contributed by atoms with Gasteiger partial charge in [-0.25, -0.2) is 13.1 Å². The summed E-state index contributed by atoms with van der Waals surface area (Å²) in [6, 6.07) is 6.41. The van der Waals surface area contributed by atoms with Crippen LogP contribution in [0, 0.1) is 18.3 Å². The van der Waals surface area contributed by atoms with Crippen LogP contribution in [0.25, 0.3) is 0 Å². The van der Waals surface area contributed by atoms with Gasteiger partial charge in [0, 0.05) is 30.5 Å². The first-order chi connectivity index (χ1) is 14.2. The second-order valence-corrected chi connectivity index (χ2v) is 9.07. The van der Waals surface area contributed by atoms with Crippen LogP contribution in [0.2, 0.25) is 0 Å². The standard InChI is InChI=1S/C21H24N4O4S/c1-4-5-18(26)17-9-8-16-19(30(28,29)24-17)12-25(3)20(16)21(27)23-15-7-6-13(2)14(10-15)11-22/h4,6-7,10,12,17-18,24,26H,1,5,8-9H2,2-3H3,(H,23,27). The number of nitrogens with one attached hydrogen (secondary N) is 2. The van der Waals surface area contributed by atoms with Gasteiger partial charge in [-0.2, -0.15) is 5.26 Å². The molecule has 0 saturated heterocycles. The van der Waals surface area contributed by atoms with Crippen molar-refractivity contribution in [2.24, 2.45) is 7.05 Å². The highest BCUT2D eigenvalue weighted by Gasteiger charge is 2.34. The van der Waals surface area contributed by atoms with Crippen molar-refractivity contribution in [2.45, 2.75) is 43.2 Å². The van der Waals surface area contributed by atoms with Crippen molar-refractivity contribution in [3.63, 3.8) is 0 Å². The van der Waals surface area contributed by atoms with Gasteiger partial charge in [0.25, 0.3) is 5.91 Å². The lowest BCUT2D eigenvalue weighted by Crippen LogP contribution is -2.42. The summed E-state index contributed by atoms with van der Waals surface area (Å²) in [5.74, 6) is -0.466. The molecule has 0 bridgehead atoms. The van der Waals surface area contributed by atoms with Crippen molar-refractivity contribution in [1.82, 2.24) is 9.29 Å². The lowest BCUT2D eigenvalue weighted by atomic mass is 10.00. The number of fused-ring (bicyclic) bond motifs is 1. The van der Waals surface area contributed by atoms with E-state index in [-0.39, 0.29) is 17.0 Å². The zero-order valence-electron chi connectivity index (χ0n) is 16.8. The Hall–Kier alpha value is -2.93. The number of carbonyl (C=O) groups excluding carboxylic acids is 1. The van der Waals surface area contributed by atoms with E-state index in [1.807, 2.05) is 0 Å². The number of hydrogen-bond donors (Lipinski definition) is 3. The molecule has 0 fully saturated rings. The molecule has 1 amide bonds. The summed E-state index contributed by atoms with van der Waals surface area (Å²) >= 11 is 0. The summed E-state index contributed by atoms with van der Waals surface area (Å²) in [6.07, 6.45) is 2.95. The maximum absolute atomic E-state index is 13.0. The van der Waals surface area contributed by atoms with E-state index in [0.717, 1.165) is 5.56 Å². The number of sulfonamides is 1. The Kier molecular flexibility index (Phi) is 6.12. The molecule has 30 heavy (non-hydrogen) atoms. The average Bonchev–Trinajstić information content (AvgIpc) is 2.97. The number of anilines is 1. The van der Waals surface area contributed by atoms with Gasteiger partial charge in [-0.1, -0.05) is 12.1 Å². The van der Waals surface area contributed by atoms with Gasteiger partial charge in [-0.3, -0.25) is 4.79 Å². The zero-order valence-corrected chi connectivity index (χ0v) is 17.7. The molecule has 2 unspecified atom stereocenters. The molecular weight excluding hydrogens is 404 g/mol. The van der Waals surface area contributed by atoms with E-state index in [0.29, 0.717) is 29.7 Å². The number of carbonyl (C=O) groups is 1. The number of aliphatic hydroxyl groups excluding tert-OH is 1. The largest absolute Gasteiger partial charge is 0.391 e. The molecule has 1 aromatic heterocycles. The third kappa shape index (κ3) is 4.16. The number of aromatic nitrogens is 1. The van der Waals surface area contributed by atoms with Gasteiger partial charge in [-0.15, -0.1) is 6.58 Å². The lowest BCUT2D eigenvalue weighted by Gasteiger charge is -2.20. The number of nitriles is 1. The van der Waals surface area contributed by atoms with Crippen molar-refractivity contribution < 1.29 is 18.3 Å². The molecule has 1 aromatic carbocycles. The average molecular weight is 429 g/mol. The maximum Gasteiger partial charge on any atom is 0.272 e. The summed E-state index contributed by atoms with van der Waals surface area (Å²) in [4.78, 5) is 13.0. The zero-order chi connectivity index (χ0) is 22.1. The molecule has 1 aliphatic rings. The Labute approximate surface area is 175 Å². The first kappa shape index (κ1) is 21.8. The van der Waals surface area contributed by atoms with E-state index in [9.17, 15) is 23.6 Å². The van der Waals surface area contributed by atoms with Gasteiger partial charge in [0.15, 0.2) is 0 Å². The monoisotopic (exact) mass is 428 g/mol. The molecule has 2 aromatic rings. The van der Waals surface area contributed by atoms with Crippen LogP contribution in [-0.4, -0.2) is 36.1 Å². The van der Waals surface area contributed by atoms with Crippen LogP contribution < -0.4 is 10.0 Å². The molecule has 2 atom stereocenters. The summed E-state index contributed by atoms with van der Waals surface area (Å²) in [6.45, 7) is 5.38. The van der Waals surface area contributed by atoms with Crippen LogP contribution in [0.4, 0.5) is 5.69 Å². The second-order valence-electron chi connectivity index (χ2n) is 7.39. The number of rotatable bonds is 5. The van der Waals surface area contributed by atoms with Gasteiger partial charge in [0.05, 0.1) is 17.7 Å². The van der Waals surface area contributed by atoms with Crippen molar-refractivity contribution >= 4 is 21.6 Å². The predicted molar refractivity (Wildman–Crippen MR) is 113 cm³/mol. The van der Waals surface area contributed by atoms with Gasteiger partial charge < -0.3 is 15.0 Å². The number of amides is 1. The molecule has 158 valence electrons. The third-order valence-electron chi connectivity index (χ3n) is 5.25. The molecule has 8 nitrogen and oxygen atoms in total. The van der Waals surface area contributed by atoms with Gasteiger partial charge in [0.2, 0.25) is 10.0 Å². The first-order valence-electron chi connectivity index (χ1n) is 9.49.